The minimum atomic E-state index is -1.03. The molecule has 0 bridgehead atoms. The number of hydrogen-bond acceptors (Lipinski definition) is 3. The first-order valence-electron chi connectivity index (χ1n) is 9.40. The third-order valence-electron chi connectivity index (χ3n) is 5.02. The molecule has 3 rings (SSSR count). The molecule has 2 aromatic rings. The summed E-state index contributed by atoms with van der Waals surface area (Å²) in [6, 6.07) is 13.0. The molecule has 1 fully saturated rings. The maximum Gasteiger partial charge on any atom is 0.337 e. The average molecular weight is 366 g/mol. The zero-order chi connectivity index (χ0) is 19.4. The third kappa shape index (κ3) is 4.88. The Balaban J connectivity index is 1.75. The second kappa shape index (κ2) is 8.25. The predicted molar refractivity (Wildman–Crippen MR) is 108 cm³/mol. The Morgan fingerprint density at radius 2 is 1.93 bits per heavy atom. The normalized spacial score (nSPS) is 16.8. The van der Waals surface area contributed by atoms with E-state index in [1.165, 1.54) is 6.42 Å². The molecule has 0 aromatic heterocycles. The Hall–Kier alpha value is -2.82. The highest BCUT2D eigenvalue weighted by Gasteiger charge is 2.20. The molecule has 0 aliphatic carbocycles. The second-order valence-electron chi connectivity index (χ2n) is 7.44. The van der Waals surface area contributed by atoms with Crippen LogP contribution in [0.1, 0.15) is 41.3 Å². The van der Waals surface area contributed by atoms with Crippen molar-refractivity contribution in [1.29, 1.82) is 0 Å². The van der Waals surface area contributed by atoms with Gasteiger partial charge in [0.2, 0.25) is 5.91 Å². The molecule has 2 N–H and O–H groups in total. The van der Waals surface area contributed by atoms with Gasteiger partial charge < -0.3 is 15.3 Å². The average Bonchev–Trinajstić information content (AvgIpc) is 2.63. The van der Waals surface area contributed by atoms with Crippen LogP contribution >= 0.6 is 0 Å². The lowest BCUT2D eigenvalue weighted by atomic mass is 9.99. The van der Waals surface area contributed by atoms with Gasteiger partial charge in [0, 0.05) is 18.8 Å². The first-order valence-corrected chi connectivity index (χ1v) is 9.40. The molecule has 0 saturated carbocycles. The summed E-state index contributed by atoms with van der Waals surface area (Å²) in [5.41, 5.74) is 3.40. The predicted octanol–water partition coefficient (Wildman–Crippen LogP) is 4.11. The number of nitrogens with one attached hydrogen (secondary N) is 1. The largest absolute Gasteiger partial charge is 0.478 e. The van der Waals surface area contributed by atoms with E-state index in [2.05, 4.69) is 17.1 Å². The number of benzene rings is 2. The Morgan fingerprint density at radius 1 is 1.19 bits per heavy atom. The molecule has 1 amide bonds. The van der Waals surface area contributed by atoms with Crippen molar-refractivity contribution in [3.05, 3.63) is 59.2 Å². The van der Waals surface area contributed by atoms with Gasteiger partial charge in [0.1, 0.15) is 0 Å². The lowest BCUT2D eigenvalue weighted by Gasteiger charge is -2.33. The summed E-state index contributed by atoms with van der Waals surface area (Å²) in [4.78, 5) is 26.3. The number of carboxylic acids is 1. The standard InChI is InChI=1S/C22H26N2O3/c1-15-5-7-17(8-6-15)12-21(25)23-20-10-9-18(13-19(20)22(26)27)24-11-3-4-16(2)14-24/h5-10,13,16H,3-4,11-12,14H2,1-2H3,(H,23,25)(H,26,27)/t16-/m0/s1. The first kappa shape index (κ1) is 19.0. The molecular formula is C22H26N2O3. The van der Waals surface area contributed by atoms with Gasteiger partial charge >= 0.3 is 5.97 Å². The van der Waals surface area contributed by atoms with E-state index in [4.69, 9.17) is 0 Å². The van der Waals surface area contributed by atoms with Crippen molar-refractivity contribution in [3.63, 3.8) is 0 Å². The number of carbonyl (C=O) groups excluding carboxylic acids is 1. The molecule has 1 saturated heterocycles. The number of piperidine rings is 1. The van der Waals surface area contributed by atoms with Crippen LogP contribution in [-0.2, 0) is 11.2 Å². The van der Waals surface area contributed by atoms with Crippen LogP contribution in [0.15, 0.2) is 42.5 Å². The molecule has 27 heavy (non-hydrogen) atoms. The molecule has 0 unspecified atom stereocenters. The maximum atomic E-state index is 12.4. The van der Waals surface area contributed by atoms with Crippen molar-refractivity contribution in [2.24, 2.45) is 5.92 Å². The van der Waals surface area contributed by atoms with Gasteiger partial charge in [0.25, 0.3) is 0 Å². The van der Waals surface area contributed by atoms with E-state index >= 15 is 0 Å². The van der Waals surface area contributed by atoms with E-state index in [0.29, 0.717) is 11.6 Å². The highest BCUT2D eigenvalue weighted by atomic mass is 16.4. The molecule has 0 spiro atoms. The van der Waals surface area contributed by atoms with Crippen LogP contribution in [0.5, 0.6) is 0 Å². The zero-order valence-corrected chi connectivity index (χ0v) is 15.9. The Bertz CT molecular complexity index is 830. The lowest BCUT2D eigenvalue weighted by Crippen LogP contribution is -2.34. The Kier molecular flexibility index (Phi) is 5.79. The number of carboxylic acid groups (broad SMARTS) is 1. The number of aromatic carboxylic acids is 1. The zero-order valence-electron chi connectivity index (χ0n) is 15.9. The van der Waals surface area contributed by atoms with Crippen LogP contribution in [0, 0.1) is 12.8 Å². The van der Waals surface area contributed by atoms with Gasteiger partial charge in [0.05, 0.1) is 17.7 Å². The molecule has 1 heterocycles. The Morgan fingerprint density at radius 3 is 2.59 bits per heavy atom. The van der Waals surface area contributed by atoms with Crippen molar-refractivity contribution >= 4 is 23.3 Å². The molecule has 5 heteroatoms. The molecule has 1 aliphatic rings. The number of aryl methyl sites for hydroxylation is 1. The van der Waals surface area contributed by atoms with E-state index in [1.807, 2.05) is 37.3 Å². The van der Waals surface area contributed by atoms with Crippen molar-refractivity contribution in [2.45, 2.75) is 33.1 Å². The molecule has 5 nitrogen and oxygen atoms in total. The quantitative estimate of drug-likeness (QED) is 0.835. The molecule has 1 aliphatic heterocycles. The van der Waals surface area contributed by atoms with Gasteiger partial charge in [-0.2, -0.15) is 0 Å². The third-order valence-corrected chi connectivity index (χ3v) is 5.02. The number of nitrogens with zero attached hydrogens (tertiary/aromatic N) is 1. The van der Waals surface area contributed by atoms with Gasteiger partial charge in [-0.1, -0.05) is 36.8 Å². The van der Waals surface area contributed by atoms with E-state index < -0.39 is 5.97 Å². The summed E-state index contributed by atoms with van der Waals surface area (Å²) >= 11 is 0. The number of anilines is 2. The SMILES string of the molecule is Cc1ccc(CC(=O)Nc2ccc(N3CCC[C@H](C)C3)cc2C(=O)O)cc1. The van der Waals surface area contributed by atoms with Crippen molar-refractivity contribution in [2.75, 3.05) is 23.3 Å². The summed E-state index contributed by atoms with van der Waals surface area (Å²) in [5.74, 6) is -0.658. The van der Waals surface area contributed by atoms with Gasteiger partial charge in [0.15, 0.2) is 0 Å². The Labute approximate surface area is 160 Å². The maximum absolute atomic E-state index is 12.4. The van der Waals surface area contributed by atoms with E-state index in [0.717, 1.165) is 36.3 Å². The van der Waals surface area contributed by atoms with E-state index in [-0.39, 0.29) is 17.9 Å². The van der Waals surface area contributed by atoms with Crippen LogP contribution in [0.25, 0.3) is 0 Å². The van der Waals surface area contributed by atoms with E-state index in [1.54, 1.807) is 12.1 Å². The van der Waals surface area contributed by atoms with Crippen LogP contribution < -0.4 is 10.2 Å². The molecule has 0 radical (unpaired) electrons. The first-order chi connectivity index (χ1) is 12.9. The van der Waals surface area contributed by atoms with Gasteiger partial charge in [-0.3, -0.25) is 4.79 Å². The number of carbonyl (C=O) groups is 2. The fourth-order valence-electron chi connectivity index (χ4n) is 3.52. The fourth-order valence-corrected chi connectivity index (χ4v) is 3.52. The minimum Gasteiger partial charge on any atom is -0.478 e. The van der Waals surface area contributed by atoms with Crippen LogP contribution in [0.4, 0.5) is 11.4 Å². The topological polar surface area (TPSA) is 69.6 Å². The van der Waals surface area contributed by atoms with E-state index in [9.17, 15) is 14.7 Å². The van der Waals surface area contributed by atoms with Gasteiger partial charge in [-0.15, -0.1) is 0 Å². The van der Waals surface area contributed by atoms with Crippen molar-refractivity contribution in [3.8, 4) is 0 Å². The number of rotatable bonds is 5. The van der Waals surface area contributed by atoms with Crippen LogP contribution in [0.2, 0.25) is 0 Å². The highest BCUT2D eigenvalue weighted by molar-refractivity contribution is 6.01. The molecule has 1 atom stereocenters. The molecule has 2 aromatic carbocycles. The van der Waals surface area contributed by atoms with Gasteiger partial charge in [-0.25, -0.2) is 4.79 Å². The summed E-state index contributed by atoms with van der Waals surface area (Å²) in [5, 5.41) is 12.4. The van der Waals surface area contributed by atoms with Crippen molar-refractivity contribution < 1.29 is 14.7 Å². The lowest BCUT2D eigenvalue weighted by molar-refractivity contribution is -0.115. The second-order valence-corrected chi connectivity index (χ2v) is 7.44. The number of hydrogen-bond donors (Lipinski definition) is 2. The summed E-state index contributed by atoms with van der Waals surface area (Å²) in [6.45, 7) is 6.07. The molecular weight excluding hydrogens is 340 g/mol. The summed E-state index contributed by atoms with van der Waals surface area (Å²) in [6.07, 6.45) is 2.53. The monoisotopic (exact) mass is 366 g/mol. The molecule has 142 valence electrons. The highest BCUT2D eigenvalue weighted by Crippen LogP contribution is 2.27. The van der Waals surface area contributed by atoms with Gasteiger partial charge in [-0.05, 0) is 49.4 Å². The van der Waals surface area contributed by atoms with Crippen molar-refractivity contribution in [1.82, 2.24) is 0 Å². The van der Waals surface area contributed by atoms with Crippen LogP contribution in [0.3, 0.4) is 0 Å². The minimum absolute atomic E-state index is 0.128. The summed E-state index contributed by atoms with van der Waals surface area (Å²) in [7, 11) is 0. The fraction of sp³-hybridized carbons (Fsp3) is 0.364. The van der Waals surface area contributed by atoms with Crippen LogP contribution in [-0.4, -0.2) is 30.1 Å². The summed E-state index contributed by atoms with van der Waals surface area (Å²) < 4.78 is 0. The smallest absolute Gasteiger partial charge is 0.337 e. The number of amides is 1.